The number of guanidine groups is 2. The second kappa shape index (κ2) is 45.2. The molecule has 42 heteroatoms. The van der Waals surface area contributed by atoms with Gasteiger partial charge < -0.3 is 98.7 Å². The molecule has 0 spiro atoms. The first-order valence-electron chi connectivity index (χ1n) is 40.6. The van der Waals surface area contributed by atoms with Crippen molar-refractivity contribution in [2.45, 2.75) is 141 Å². The largest absolute Gasteiger partial charge is 0.497 e. The lowest BCUT2D eigenvalue weighted by Crippen LogP contribution is -2.49. The quantitative estimate of drug-likeness (QED) is 0.00426. The molecule has 9 rings (SSSR count). The third-order valence-electron chi connectivity index (χ3n) is 21.9. The average molecular weight is 1800 g/mol. The van der Waals surface area contributed by atoms with Crippen LogP contribution < -0.4 is 60.0 Å². The summed E-state index contributed by atoms with van der Waals surface area (Å²) in [5, 5.41) is 63.7. The monoisotopic (exact) mass is 1800 g/mol. The third-order valence-corrected chi connectivity index (χ3v) is 24.4. The lowest BCUT2D eigenvalue weighted by molar-refractivity contribution is -0.146. The van der Waals surface area contributed by atoms with Crippen LogP contribution in [0.15, 0.2) is 102 Å². The second-order valence-corrected chi connectivity index (χ2v) is 33.1. The van der Waals surface area contributed by atoms with Crippen molar-refractivity contribution in [3.8, 4) is 0 Å². The molecule has 4 amide bonds. The predicted octanol–water partition coefficient (Wildman–Crippen LogP) is 5.64. The number of benzene rings is 1. The summed E-state index contributed by atoms with van der Waals surface area (Å²) >= 11 is 0. The molecule has 5 aromatic rings. The van der Waals surface area contributed by atoms with E-state index >= 15 is 0 Å². The van der Waals surface area contributed by atoms with Gasteiger partial charge in [-0.25, -0.2) is 29.5 Å². The number of ketones is 2. The average Bonchev–Trinajstić information content (AvgIpc) is 1.56. The van der Waals surface area contributed by atoms with Gasteiger partial charge in [-0.15, -0.1) is 0 Å². The van der Waals surface area contributed by atoms with E-state index in [1.807, 2.05) is 58.0 Å². The number of hydrogen-bond donors (Lipinski definition) is 18. The van der Waals surface area contributed by atoms with E-state index in [1.165, 1.54) is 51.8 Å². The molecule has 0 fully saturated rings. The number of carbonyl (C=O) groups excluding carboxylic acids is 9. The van der Waals surface area contributed by atoms with Gasteiger partial charge in [0.05, 0.1) is 86.3 Å². The zero-order chi connectivity index (χ0) is 93.4. The number of nitrogens with one attached hydrogen (secondary N) is 12. The number of methoxy groups -OCH3 is 3. The van der Waals surface area contributed by atoms with Crippen LogP contribution in [0.3, 0.4) is 0 Å². The van der Waals surface area contributed by atoms with Gasteiger partial charge in [-0.1, -0.05) is 53.0 Å². The number of nitrogen functional groups attached to an aromatic ring is 1. The molecule has 680 valence electrons. The van der Waals surface area contributed by atoms with Crippen molar-refractivity contribution in [2.75, 3.05) is 70.1 Å². The van der Waals surface area contributed by atoms with E-state index in [4.69, 9.17) is 56.9 Å². The van der Waals surface area contributed by atoms with Crippen molar-refractivity contribution in [2.24, 2.45) is 29.2 Å². The Morgan fingerprint density at radius 2 is 1.37 bits per heavy atom. The number of amides is 4. The number of allylic oxidation sites excluding steroid dienone is 9. The van der Waals surface area contributed by atoms with E-state index < -0.39 is 168 Å². The Morgan fingerprint density at radius 3 is 2.03 bits per heavy atom. The third kappa shape index (κ3) is 25.6. The minimum Gasteiger partial charge on any atom is -0.497 e. The number of aromatic nitrogens is 8. The fourth-order valence-electron chi connectivity index (χ4n) is 14.9. The maximum atomic E-state index is 14.1. The molecule has 0 saturated heterocycles. The number of nitrogens with zero attached hydrogens (tertiary/aromatic N) is 5. The van der Waals surface area contributed by atoms with Gasteiger partial charge in [0.1, 0.15) is 42.7 Å². The SMILES string of the molecule is C=CC1=C(C)c2cc3[nH]c(cc4nc(cc5[nH]c(cc1n2)c(C)c5CCC(=O)NCC(=O)OCCSSC[C@H](CC(=O)[C@H](CCCNC(=N)N)NC(=O)C[C@@H](NC(=O)[C@H](CCCNC(=N)N)CC(=O)CC[C@H](NC(=O)c1ccc(NCc2cnc5nc(N)[nH]c(=O)c5n2)cc1)C(=O)O)C(=O)O)C(=O)O)C(CCC(=O)OC)=C4C)[C@]1(C)C3=CC=C(C(=C)OC)[C@@H]1C(=O)OC. The van der Waals surface area contributed by atoms with Gasteiger partial charge in [-0.05, 0) is 155 Å². The number of carbonyl (C=O) groups is 12. The molecule has 1 aliphatic carbocycles. The number of aryl methyl sites for hydroxylation is 2. The molecule has 0 saturated carbocycles. The molecule has 128 heavy (non-hydrogen) atoms. The van der Waals surface area contributed by atoms with Gasteiger partial charge in [0.15, 0.2) is 28.9 Å². The molecule has 8 bridgehead atoms. The highest BCUT2D eigenvalue weighted by Crippen LogP contribution is 2.54. The van der Waals surface area contributed by atoms with E-state index in [0.717, 1.165) is 60.6 Å². The number of carboxylic acids is 3. The normalized spacial score (nSPS) is 15.3. The maximum Gasteiger partial charge on any atom is 0.326 e. The van der Waals surface area contributed by atoms with Crippen LogP contribution in [0.25, 0.3) is 50.1 Å². The van der Waals surface area contributed by atoms with Crippen LogP contribution in [0.2, 0.25) is 0 Å². The Hall–Kier alpha value is -14.1. The van der Waals surface area contributed by atoms with E-state index in [1.54, 1.807) is 12.2 Å². The minimum absolute atomic E-state index is 0.0222. The highest BCUT2D eigenvalue weighted by molar-refractivity contribution is 8.76. The van der Waals surface area contributed by atoms with Crippen LogP contribution in [0.1, 0.15) is 159 Å². The van der Waals surface area contributed by atoms with Crippen molar-refractivity contribution >= 4 is 166 Å². The Morgan fingerprint density at radius 1 is 0.680 bits per heavy atom. The Labute approximate surface area is 741 Å². The fraction of sp³-hybridized carbons (Fsp3) is 0.395. The molecule has 0 unspecified atom stereocenters. The molecular weight excluding hydrogens is 1700 g/mol. The van der Waals surface area contributed by atoms with Crippen LogP contribution in [-0.2, 0) is 90.1 Å². The molecule has 40 nitrogen and oxygen atoms in total. The van der Waals surface area contributed by atoms with Crippen molar-refractivity contribution in [3.05, 3.63) is 164 Å². The van der Waals surface area contributed by atoms with E-state index in [2.05, 4.69) is 80.3 Å². The van der Waals surface area contributed by atoms with Crippen molar-refractivity contribution in [1.29, 1.82) is 10.8 Å². The van der Waals surface area contributed by atoms with Gasteiger partial charge in [-0.2, -0.15) is 4.98 Å². The summed E-state index contributed by atoms with van der Waals surface area (Å²) in [6.45, 7) is 15.4. The summed E-state index contributed by atoms with van der Waals surface area (Å²) < 4.78 is 21.6. The maximum absolute atomic E-state index is 14.1. The number of carboxylic acid groups (broad SMARTS) is 3. The van der Waals surface area contributed by atoms with Crippen LogP contribution in [0, 0.1) is 35.5 Å². The Bertz CT molecular complexity index is 5640. The number of anilines is 2. The molecule has 21 N–H and O–H groups in total. The second-order valence-electron chi connectivity index (χ2n) is 30.5. The first kappa shape index (κ1) is 97.7. The number of ether oxygens (including phenoxy) is 4. The standard InChI is InChI=1S/C86H104N20O20S2/c1-10-52-42(2)60-34-65-56-23-20-55(45(5)123-7)73(82(122)125-9)86(56,6)68(101-65)36-61-44(4)54(22-26-71(111)124-8)64(100-61)35-63-53(43(3)59(99-63)33-62(52)98-60)21-25-69(109)95-40-72(112)126-29-30-127-128-41-48(79(116)117)32-67(108)57(14-12-28-93-84(89)90)102-70(110)37-66(81(120)121)104-77(114)47(13-11-27-92-83(87)88)31-51(107)19-24-58(80(118)119)103-76(113)46-15-17-49(18-16-46)94-38-50-39-96-75-74(97-50)78(115)106-85(91)105-75/h10,15-18,20,23,33-36,39,47-48,57-58,66,73,94,99,101H,1,5,11-14,19,21-22,24-32,37-38,40-41H2,2-4,6-9H3,(H,95,109)(H,102,110)(H,103,113)(H,104,114)(H,116,117)(H,118,119)(H,120,121)(H4,87,88,92)(H4,89,90,93)(H3,91,96,105,106,115)/t47-,48+,57+,58+,66-,73-,86+/m1/s1. The van der Waals surface area contributed by atoms with E-state index in [0.29, 0.717) is 62.2 Å². The summed E-state index contributed by atoms with van der Waals surface area (Å²) in [6.07, 6.45) is 4.01. The van der Waals surface area contributed by atoms with Gasteiger partial charge in [0.25, 0.3) is 11.5 Å². The molecule has 0 radical (unpaired) electrons. The zero-order valence-corrected chi connectivity index (χ0v) is 73.1. The molecule has 1 aromatic carbocycles. The van der Waals surface area contributed by atoms with Crippen LogP contribution >= 0.6 is 21.6 Å². The fourth-order valence-corrected chi connectivity index (χ4v) is 17.0. The smallest absolute Gasteiger partial charge is 0.326 e. The molecular formula is C86H104N20O20S2. The molecule has 4 aliphatic rings. The lowest BCUT2D eigenvalue weighted by atomic mass is 9.64. The number of H-pyrrole nitrogens is 3. The molecule has 3 aliphatic heterocycles. The van der Waals surface area contributed by atoms with Gasteiger partial charge in [-0.3, -0.25) is 68.5 Å². The van der Waals surface area contributed by atoms with Crippen LogP contribution in [0.4, 0.5) is 11.6 Å². The van der Waals surface area contributed by atoms with Gasteiger partial charge >= 0.3 is 35.8 Å². The van der Waals surface area contributed by atoms with E-state index in [-0.39, 0.29) is 118 Å². The highest BCUT2D eigenvalue weighted by atomic mass is 33.1. The topological polar surface area (TPSA) is 641 Å². The van der Waals surface area contributed by atoms with E-state index in [9.17, 15) is 77.6 Å². The molecule has 7 heterocycles. The minimum atomic E-state index is -1.97. The summed E-state index contributed by atoms with van der Waals surface area (Å²) in [6, 6.07) is 8.43. The Balaban J connectivity index is 0.782. The number of hydrogen-bond acceptors (Lipinski definition) is 28. The first-order valence-corrected chi connectivity index (χ1v) is 43.1. The predicted molar refractivity (Wildman–Crippen MR) is 478 cm³/mol. The number of fused-ring (bicyclic) bond motifs is 12. The first-order chi connectivity index (χ1) is 60.9. The van der Waals surface area contributed by atoms with Crippen molar-refractivity contribution in [1.82, 2.24) is 71.8 Å². The van der Waals surface area contributed by atoms with Gasteiger partial charge in [0, 0.05) is 107 Å². The number of Topliss-reactive ketones (excluding diaryl/α,β-unsaturated/α-hetero) is 2. The number of rotatable bonds is 47. The summed E-state index contributed by atoms with van der Waals surface area (Å²) in [5.41, 5.74) is 26.4. The number of aliphatic carboxylic acids is 3. The van der Waals surface area contributed by atoms with Gasteiger partial charge in [0.2, 0.25) is 23.7 Å². The van der Waals surface area contributed by atoms with Crippen molar-refractivity contribution in [3.63, 3.8) is 0 Å². The molecule has 4 aromatic heterocycles. The summed E-state index contributed by atoms with van der Waals surface area (Å²) in [7, 11) is 6.27. The number of esters is 3. The number of nitrogens with two attached hydrogens (primary N) is 3. The number of aromatic amines is 3. The Kier molecular flexibility index (Phi) is 34.5. The zero-order valence-electron chi connectivity index (χ0n) is 71.5. The lowest BCUT2D eigenvalue weighted by Gasteiger charge is -2.38. The highest BCUT2D eigenvalue weighted by Gasteiger charge is 2.52. The van der Waals surface area contributed by atoms with Crippen LogP contribution in [0.5, 0.6) is 0 Å². The summed E-state index contributed by atoms with van der Waals surface area (Å²) in [5.74, 6) is -15.4. The summed E-state index contributed by atoms with van der Waals surface area (Å²) in [4.78, 5) is 205. The van der Waals surface area contributed by atoms with Crippen molar-refractivity contribution < 1.29 is 91.8 Å². The van der Waals surface area contributed by atoms with Crippen LogP contribution in [-0.4, -0.2) is 215 Å². The molecule has 7 atom stereocenters.